The molecule has 22 heavy (non-hydrogen) atoms. The molecule has 0 aliphatic heterocycles. The number of benzene rings is 2. The van der Waals surface area contributed by atoms with Crippen LogP contribution in [-0.2, 0) is 12.8 Å². The molecular formula is C20H19NO. The summed E-state index contributed by atoms with van der Waals surface area (Å²) in [6, 6.07) is 18.3. The van der Waals surface area contributed by atoms with Gasteiger partial charge in [0.1, 0.15) is 6.10 Å². The Morgan fingerprint density at radius 2 is 1.73 bits per heavy atom. The van der Waals surface area contributed by atoms with Crippen LogP contribution in [-0.4, -0.2) is 10.1 Å². The third kappa shape index (κ3) is 2.30. The fourth-order valence-corrected chi connectivity index (χ4v) is 3.46. The van der Waals surface area contributed by atoms with Crippen LogP contribution in [0, 0.1) is 0 Å². The maximum absolute atomic E-state index is 10.8. The second-order valence-corrected chi connectivity index (χ2v) is 6.02. The monoisotopic (exact) mass is 289 g/mol. The zero-order valence-electron chi connectivity index (χ0n) is 12.5. The molecule has 1 atom stereocenters. The van der Waals surface area contributed by atoms with Crippen LogP contribution in [0.3, 0.4) is 0 Å². The quantitative estimate of drug-likeness (QED) is 0.767. The predicted octanol–water partition coefficient (Wildman–Crippen LogP) is 4.20. The van der Waals surface area contributed by atoms with E-state index in [-0.39, 0.29) is 0 Å². The second kappa shape index (κ2) is 5.54. The second-order valence-electron chi connectivity index (χ2n) is 6.02. The van der Waals surface area contributed by atoms with E-state index in [4.69, 9.17) is 0 Å². The molecule has 1 aliphatic rings. The Kier molecular flexibility index (Phi) is 3.39. The molecule has 1 aliphatic carbocycles. The van der Waals surface area contributed by atoms with Gasteiger partial charge in [-0.25, -0.2) is 4.98 Å². The van der Waals surface area contributed by atoms with E-state index in [9.17, 15) is 5.11 Å². The van der Waals surface area contributed by atoms with Gasteiger partial charge >= 0.3 is 0 Å². The lowest BCUT2D eigenvalue weighted by Crippen LogP contribution is -2.11. The minimum Gasteiger partial charge on any atom is -0.382 e. The molecule has 0 saturated heterocycles. The van der Waals surface area contributed by atoms with Gasteiger partial charge in [-0.15, -0.1) is 0 Å². The number of fused-ring (bicyclic) bond motifs is 2. The van der Waals surface area contributed by atoms with Crippen molar-refractivity contribution in [3.63, 3.8) is 0 Å². The number of pyridine rings is 1. The maximum Gasteiger partial charge on any atom is 0.121 e. The van der Waals surface area contributed by atoms with Crippen LogP contribution in [0.25, 0.3) is 10.9 Å². The zero-order valence-corrected chi connectivity index (χ0v) is 12.5. The molecule has 1 unspecified atom stereocenters. The molecule has 2 heteroatoms. The first-order chi connectivity index (χ1) is 10.8. The van der Waals surface area contributed by atoms with Crippen LogP contribution in [0.2, 0.25) is 0 Å². The SMILES string of the molecule is OC(c1ccc2ccccc2n1)c1cccc2c1CCCC2. The highest BCUT2D eigenvalue weighted by molar-refractivity contribution is 5.78. The molecule has 1 N–H and O–H groups in total. The largest absolute Gasteiger partial charge is 0.382 e. The van der Waals surface area contributed by atoms with Gasteiger partial charge in [-0.3, -0.25) is 0 Å². The number of rotatable bonds is 2. The van der Waals surface area contributed by atoms with Crippen molar-refractivity contribution in [3.8, 4) is 0 Å². The lowest BCUT2D eigenvalue weighted by atomic mass is 9.86. The summed E-state index contributed by atoms with van der Waals surface area (Å²) in [5.74, 6) is 0. The van der Waals surface area contributed by atoms with Crippen LogP contribution >= 0.6 is 0 Å². The van der Waals surface area contributed by atoms with E-state index >= 15 is 0 Å². The van der Waals surface area contributed by atoms with E-state index in [1.165, 1.54) is 24.0 Å². The van der Waals surface area contributed by atoms with Crippen molar-refractivity contribution in [2.45, 2.75) is 31.8 Å². The highest BCUT2D eigenvalue weighted by atomic mass is 16.3. The highest BCUT2D eigenvalue weighted by Crippen LogP contribution is 2.31. The molecule has 2 nitrogen and oxygen atoms in total. The van der Waals surface area contributed by atoms with Crippen molar-refractivity contribution in [1.82, 2.24) is 4.98 Å². The number of nitrogens with zero attached hydrogens (tertiary/aromatic N) is 1. The van der Waals surface area contributed by atoms with E-state index in [2.05, 4.69) is 17.1 Å². The molecule has 3 aromatic rings. The average Bonchev–Trinajstić information content (AvgIpc) is 2.60. The minimum atomic E-state index is -0.641. The highest BCUT2D eigenvalue weighted by Gasteiger charge is 2.20. The van der Waals surface area contributed by atoms with Gasteiger partial charge in [0, 0.05) is 5.39 Å². The molecule has 0 fully saturated rings. The molecule has 0 amide bonds. The summed E-state index contributed by atoms with van der Waals surface area (Å²) in [4.78, 5) is 4.65. The van der Waals surface area contributed by atoms with Crippen molar-refractivity contribution < 1.29 is 5.11 Å². The third-order valence-electron chi connectivity index (χ3n) is 4.63. The smallest absolute Gasteiger partial charge is 0.121 e. The maximum atomic E-state index is 10.8. The molecule has 110 valence electrons. The fraction of sp³-hybridized carbons (Fsp3) is 0.250. The number of aliphatic hydroxyl groups excluding tert-OH is 1. The lowest BCUT2D eigenvalue weighted by molar-refractivity contribution is 0.214. The molecule has 2 aromatic carbocycles. The minimum absolute atomic E-state index is 0.641. The van der Waals surface area contributed by atoms with Gasteiger partial charge in [0.15, 0.2) is 0 Å². The Hall–Kier alpha value is -2.19. The Morgan fingerprint density at radius 3 is 2.68 bits per heavy atom. The van der Waals surface area contributed by atoms with Gasteiger partial charge < -0.3 is 5.11 Å². The molecule has 1 aromatic heterocycles. The van der Waals surface area contributed by atoms with Gasteiger partial charge in [0.2, 0.25) is 0 Å². The Morgan fingerprint density at radius 1 is 0.864 bits per heavy atom. The van der Waals surface area contributed by atoms with Crippen molar-refractivity contribution in [2.75, 3.05) is 0 Å². The van der Waals surface area contributed by atoms with Crippen molar-refractivity contribution in [2.24, 2.45) is 0 Å². The molecule has 1 heterocycles. The van der Waals surface area contributed by atoms with Crippen LogP contribution in [0.5, 0.6) is 0 Å². The van der Waals surface area contributed by atoms with Crippen LogP contribution < -0.4 is 0 Å². The molecule has 0 radical (unpaired) electrons. The number of aliphatic hydroxyl groups is 1. The summed E-state index contributed by atoms with van der Waals surface area (Å²) < 4.78 is 0. The Labute approximate surface area is 130 Å². The van der Waals surface area contributed by atoms with Gasteiger partial charge in [-0.1, -0.05) is 42.5 Å². The van der Waals surface area contributed by atoms with Crippen LogP contribution in [0.15, 0.2) is 54.6 Å². The van der Waals surface area contributed by atoms with Crippen LogP contribution in [0.4, 0.5) is 0 Å². The Balaban J connectivity index is 1.78. The van der Waals surface area contributed by atoms with Gasteiger partial charge in [-0.05, 0) is 54.5 Å². The van der Waals surface area contributed by atoms with E-state index in [1.54, 1.807) is 0 Å². The summed E-state index contributed by atoms with van der Waals surface area (Å²) in [6.45, 7) is 0. The van der Waals surface area contributed by atoms with E-state index in [0.29, 0.717) is 0 Å². The molecular weight excluding hydrogens is 270 g/mol. The normalized spacial score (nSPS) is 15.5. The summed E-state index contributed by atoms with van der Waals surface area (Å²) in [6.07, 6.45) is 4.01. The number of para-hydroxylation sites is 1. The molecule has 0 saturated carbocycles. The topological polar surface area (TPSA) is 33.1 Å². The zero-order chi connectivity index (χ0) is 14.9. The van der Waals surface area contributed by atoms with Gasteiger partial charge in [0.25, 0.3) is 0 Å². The van der Waals surface area contributed by atoms with E-state index < -0.39 is 6.10 Å². The fourth-order valence-electron chi connectivity index (χ4n) is 3.46. The van der Waals surface area contributed by atoms with Crippen molar-refractivity contribution >= 4 is 10.9 Å². The number of hydrogen-bond acceptors (Lipinski definition) is 2. The first-order valence-corrected chi connectivity index (χ1v) is 7.97. The molecule has 0 bridgehead atoms. The molecule has 4 rings (SSSR count). The number of aromatic nitrogens is 1. The summed E-state index contributed by atoms with van der Waals surface area (Å²) in [5.41, 5.74) is 5.42. The van der Waals surface area contributed by atoms with Gasteiger partial charge in [-0.2, -0.15) is 0 Å². The van der Waals surface area contributed by atoms with Crippen molar-refractivity contribution in [1.29, 1.82) is 0 Å². The first kappa shape index (κ1) is 13.5. The standard InChI is InChI=1S/C20H19NO/c22-20(17-10-5-8-14-6-1-3-9-16(14)17)19-13-12-15-7-2-4-11-18(15)21-19/h2,4-5,7-8,10-13,20,22H,1,3,6,9H2. The Bertz CT molecular complexity index is 825. The van der Waals surface area contributed by atoms with Crippen molar-refractivity contribution in [3.05, 3.63) is 77.0 Å². The number of aryl methyl sites for hydroxylation is 1. The van der Waals surface area contributed by atoms with Gasteiger partial charge in [0.05, 0.1) is 11.2 Å². The summed E-state index contributed by atoms with van der Waals surface area (Å²) in [7, 11) is 0. The van der Waals surface area contributed by atoms with E-state index in [1.807, 2.05) is 42.5 Å². The number of hydrogen-bond donors (Lipinski definition) is 1. The van der Waals surface area contributed by atoms with E-state index in [0.717, 1.165) is 35.0 Å². The van der Waals surface area contributed by atoms with Crippen LogP contribution in [0.1, 0.15) is 41.3 Å². The predicted molar refractivity (Wildman–Crippen MR) is 88.9 cm³/mol. The first-order valence-electron chi connectivity index (χ1n) is 7.97. The third-order valence-corrected chi connectivity index (χ3v) is 4.63. The average molecular weight is 289 g/mol. The molecule has 0 spiro atoms. The summed E-state index contributed by atoms with van der Waals surface area (Å²) >= 11 is 0. The lowest BCUT2D eigenvalue weighted by Gasteiger charge is -2.22. The summed E-state index contributed by atoms with van der Waals surface area (Å²) in [5, 5.41) is 11.9.